The number of amides is 2. The number of hydrogen-bond acceptors (Lipinski definition) is 26. The number of nitrogens with zero attached hydrogens (tertiary/aromatic N) is 2. The first kappa shape index (κ1) is 107. The summed E-state index contributed by atoms with van der Waals surface area (Å²) in [7, 11) is 0. The Bertz CT molecular complexity index is 5770. The van der Waals surface area contributed by atoms with Gasteiger partial charge in [0.2, 0.25) is 12.2 Å². The number of carbonyl (C=O) groups is 5. The number of ether oxygens (including phenoxy) is 19. The van der Waals surface area contributed by atoms with Crippen LogP contribution in [0.2, 0.25) is 0 Å². The van der Waals surface area contributed by atoms with E-state index in [1.165, 1.54) is 0 Å². The van der Waals surface area contributed by atoms with E-state index in [0.29, 0.717) is 36.4 Å². The van der Waals surface area contributed by atoms with Crippen molar-refractivity contribution in [3.63, 3.8) is 0 Å². The van der Waals surface area contributed by atoms with Crippen molar-refractivity contribution in [2.24, 2.45) is 29.6 Å². The zero-order chi connectivity index (χ0) is 101. The maximum Gasteiger partial charge on any atom is 0.410 e. The summed E-state index contributed by atoms with van der Waals surface area (Å²) in [5, 5.41) is 18.9. The Morgan fingerprint density at radius 2 is 0.676 bits per heavy atom. The fourth-order valence-corrected chi connectivity index (χ4v) is 17.8. The number of alkyl halides is 3. The van der Waals surface area contributed by atoms with Crippen LogP contribution >= 0.6 is 34.8 Å². The summed E-state index contributed by atoms with van der Waals surface area (Å²) in [6, 6.07) is 103. The van der Waals surface area contributed by atoms with Crippen molar-refractivity contribution in [2.75, 3.05) is 52.7 Å². The van der Waals surface area contributed by atoms with Crippen molar-refractivity contribution in [3.05, 3.63) is 395 Å². The van der Waals surface area contributed by atoms with Gasteiger partial charge in [0.05, 0.1) is 94.0 Å². The molecule has 0 aromatic heterocycles. The SMILES string of the molecule is CC1C(O)C(COCc2ccccc2)OC(OCCN(Cc2ccccc2)C(=O)OCc2ccccc2)C1OC(=O)c1ccccc1.CC1C(OC(=N)C(Cl)(Cl)Cl)OC2COC(c3ccccc3)OC2C1C.CC1C2OC(c3ccccc3)OCC2OC(OC2C(COCc3ccccc3)OC(OCCN(Cc3ccccc3)C(=O)OCc3ccccc3)C(OC(=O)c3ccccc3)C2C)C1OC(=O)c1ccccc1. The predicted octanol–water partition coefficient (Wildman–Crippen LogP) is 20.2. The molecule has 6 aliphatic rings. The fraction of sp³-hybridized carbons (Fsp3) is 0.368. The van der Waals surface area contributed by atoms with E-state index < -0.39 is 150 Å². The fourth-order valence-electron chi connectivity index (χ4n) is 17.7. The lowest BCUT2D eigenvalue weighted by Gasteiger charge is -2.50. The largest absolute Gasteiger partial charge is 0.453 e. The molecule has 6 heterocycles. The van der Waals surface area contributed by atoms with E-state index in [1.807, 2.05) is 282 Å². The Morgan fingerprint density at radius 1 is 0.352 bits per heavy atom. The van der Waals surface area contributed by atoms with E-state index in [4.69, 9.17) is 130 Å². The van der Waals surface area contributed by atoms with Gasteiger partial charge >= 0.3 is 30.1 Å². The molecular formula is C114H122Cl3N3O25. The molecule has 764 valence electrons. The van der Waals surface area contributed by atoms with Crippen LogP contribution in [0.15, 0.2) is 334 Å². The molecule has 0 bridgehead atoms. The summed E-state index contributed by atoms with van der Waals surface area (Å²) in [6.07, 6.45) is -14.2. The van der Waals surface area contributed by atoms with Crippen LogP contribution in [0.5, 0.6) is 0 Å². The smallest absolute Gasteiger partial charge is 0.410 e. The summed E-state index contributed by atoms with van der Waals surface area (Å²) < 4.78 is 116. The molecule has 0 aliphatic carbocycles. The van der Waals surface area contributed by atoms with E-state index in [1.54, 1.807) is 89.5 Å². The molecule has 6 fully saturated rings. The van der Waals surface area contributed by atoms with Crippen LogP contribution in [-0.4, -0.2) is 200 Å². The number of aliphatic hydroxyl groups excluding tert-OH is 1. The number of hydrogen-bond donors (Lipinski definition) is 2. The van der Waals surface area contributed by atoms with E-state index in [-0.39, 0.29) is 96.5 Å². The predicted molar refractivity (Wildman–Crippen MR) is 538 cm³/mol. The van der Waals surface area contributed by atoms with Gasteiger partial charge in [-0.25, -0.2) is 24.0 Å². The van der Waals surface area contributed by atoms with Gasteiger partial charge in [0.25, 0.3) is 3.79 Å². The lowest BCUT2D eigenvalue weighted by molar-refractivity contribution is -0.375. The number of carbonyl (C=O) groups excluding carboxylic acids is 5. The van der Waals surface area contributed by atoms with Crippen molar-refractivity contribution in [1.82, 2.24) is 9.80 Å². The minimum absolute atomic E-state index is 0.0167. The lowest BCUT2D eigenvalue weighted by Crippen LogP contribution is -2.63. The minimum Gasteiger partial charge on any atom is -0.453 e. The van der Waals surface area contributed by atoms with Gasteiger partial charge in [-0.05, 0) is 75.7 Å². The van der Waals surface area contributed by atoms with Gasteiger partial charge in [-0.2, -0.15) is 0 Å². The summed E-state index contributed by atoms with van der Waals surface area (Å²) in [5.74, 6) is -3.78. The summed E-state index contributed by atoms with van der Waals surface area (Å²) in [5.41, 5.74) is 8.35. The van der Waals surface area contributed by atoms with Crippen molar-refractivity contribution in [2.45, 2.75) is 183 Å². The standard InChI is InChI=1S/C59H61NO13.C38H41NO8.C17H20Cl3NO4/c1-40-50(73-58-53(71-55(62)46-29-17-7-18-30-46)41(2)51-49(69-58)39-66-56(72-51)47-31-19-8-20-32-47)48(38-64-36-43-23-11-4-12-24-43)68-57(52(40)70-54(61)45-27-15-6-16-28-45)65-34-33-60(35-42-21-9-3-10-22-42)59(63)67-37-44-25-13-5-14-26-44;1-28-34(40)33(27-43-25-30-16-8-3-9-17-30)46-37(35(28)47-36(41)32-20-12-5-13-21-32)44-23-22-39(24-29-14-6-2-7-15-29)38(42)45-26-31-18-10-4-11-19-31;1-9-10(2)14(25-16(21)17(18,19)20)23-12-8-22-15(24-13(9)12)11-6-4-3-5-7-11/h3-32,40-41,48-53,56-58H,33-39H2,1-2H3;2-21,28,33-35,37,40H,22-27H2,1H3;3-7,9-10,12-15,21H,8H2,1-2H3. The Labute approximate surface area is 859 Å². The van der Waals surface area contributed by atoms with Crippen LogP contribution in [-0.2, 0) is 130 Å². The first-order valence-electron chi connectivity index (χ1n) is 48.7. The number of fused-ring (bicyclic) bond motifs is 2. The van der Waals surface area contributed by atoms with E-state index in [2.05, 4.69) is 6.92 Å². The van der Waals surface area contributed by atoms with E-state index >= 15 is 0 Å². The number of aliphatic hydroxyl groups is 1. The number of halogens is 3. The zero-order valence-electron chi connectivity index (χ0n) is 81.1. The zero-order valence-corrected chi connectivity index (χ0v) is 83.4. The second-order valence-electron chi connectivity index (χ2n) is 36.2. The highest BCUT2D eigenvalue weighted by Crippen LogP contribution is 2.45. The number of nitrogens with one attached hydrogen (secondary N) is 1. The molecule has 145 heavy (non-hydrogen) atoms. The molecule has 31 heteroatoms. The van der Waals surface area contributed by atoms with Gasteiger partial charge in [0.1, 0.15) is 37.6 Å². The summed E-state index contributed by atoms with van der Waals surface area (Å²) >= 11 is 17.1. The second kappa shape index (κ2) is 54.0. The molecule has 17 rings (SSSR count). The minimum atomic E-state index is -1.92. The molecule has 22 atom stereocenters. The van der Waals surface area contributed by atoms with Crippen molar-refractivity contribution >= 4 is 70.8 Å². The van der Waals surface area contributed by atoms with Crippen molar-refractivity contribution < 1.29 is 119 Å². The van der Waals surface area contributed by atoms with Crippen LogP contribution in [0, 0.1) is 35.0 Å². The molecule has 0 spiro atoms. The topological polar surface area (TPSA) is 311 Å². The summed E-state index contributed by atoms with van der Waals surface area (Å²) in [6.45, 7) is 12.0. The lowest BCUT2D eigenvalue weighted by atomic mass is 9.84. The Balaban J connectivity index is 0.000000186. The molecular weight excluding hydrogens is 1920 g/mol. The van der Waals surface area contributed by atoms with Crippen LogP contribution < -0.4 is 0 Å². The quantitative estimate of drug-likeness (QED) is 0.0123. The molecule has 0 saturated carbocycles. The molecule has 2 amide bonds. The average molecular weight is 2040 g/mol. The maximum absolute atomic E-state index is 14.0. The molecule has 6 saturated heterocycles. The molecule has 11 aromatic rings. The van der Waals surface area contributed by atoms with Gasteiger partial charge in [0, 0.05) is 61.0 Å². The van der Waals surface area contributed by atoms with Crippen LogP contribution in [0.4, 0.5) is 9.59 Å². The van der Waals surface area contributed by atoms with Crippen molar-refractivity contribution in [3.8, 4) is 0 Å². The highest BCUT2D eigenvalue weighted by molar-refractivity contribution is 6.76. The van der Waals surface area contributed by atoms with Gasteiger partial charge in [-0.1, -0.05) is 367 Å². The summed E-state index contributed by atoms with van der Waals surface area (Å²) in [4.78, 5) is 71.2. The first-order valence-corrected chi connectivity index (χ1v) is 49.8. The first-order chi connectivity index (χ1) is 70.5. The highest BCUT2D eigenvalue weighted by Gasteiger charge is 2.56. The third-order valence-electron chi connectivity index (χ3n) is 25.9. The van der Waals surface area contributed by atoms with Crippen molar-refractivity contribution in [1.29, 1.82) is 5.41 Å². The van der Waals surface area contributed by atoms with Gasteiger partial charge in [-0.15, -0.1) is 0 Å². The van der Waals surface area contributed by atoms with E-state index in [9.17, 15) is 29.1 Å². The maximum atomic E-state index is 14.0. The third-order valence-corrected chi connectivity index (χ3v) is 26.4. The highest BCUT2D eigenvalue weighted by atomic mass is 35.6. The Hall–Kier alpha value is -11.9. The number of benzene rings is 11. The van der Waals surface area contributed by atoms with Gasteiger partial charge in [0.15, 0.2) is 49.8 Å². The van der Waals surface area contributed by atoms with E-state index in [0.717, 1.165) is 44.5 Å². The van der Waals surface area contributed by atoms with Crippen LogP contribution in [0.3, 0.4) is 0 Å². The van der Waals surface area contributed by atoms with Crippen LogP contribution in [0.25, 0.3) is 0 Å². The van der Waals surface area contributed by atoms with Crippen LogP contribution in [0.1, 0.15) is 123 Å². The molecule has 28 nitrogen and oxygen atoms in total. The Morgan fingerprint density at radius 3 is 1.06 bits per heavy atom. The monoisotopic (exact) mass is 2040 g/mol. The molecule has 22 unspecified atom stereocenters. The van der Waals surface area contributed by atoms with Gasteiger partial charge < -0.3 is 105 Å². The molecule has 2 N–H and O–H groups in total. The number of esters is 3. The normalized spacial score (nSPS) is 25.8. The second-order valence-corrected chi connectivity index (χ2v) is 38.5. The average Bonchev–Trinajstić information content (AvgIpc) is 0.759. The molecule has 6 aliphatic heterocycles. The van der Waals surface area contributed by atoms with Gasteiger partial charge in [-0.3, -0.25) is 5.41 Å². The molecule has 0 radical (unpaired) electrons. The Kier molecular flexibility index (Phi) is 40.0. The number of rotatable bonds is 35. The third kappa shape index (κ3) is 30.7. The molecule has 11 aromatic carbocycles.